The molecule has 31 heavy (non-hydrogen) atoms. The van der Waals surface area contributed by atoms with E-state index in [1.54, 1.807) is 6.07 Å². The van der Waals surface area contributed by atoms with Gasteiger partial charge in [0.15, 0.2) is 0 Å². The van der Waals surface area contributed by atoms with Crippen LogP contribution in [0.5, 0.6) is 0 Å². The Balaban J connectivity index is 0.000000501. The number of halogens is 3. The highest BCUT2D eigenvalue weighted by Crippen LogP contribution is 2.33. The van der Waals surface area contributed by atoms with Crippen LogP contribution in [0.1, 0.15) is 36.9 Å². The van der Waals surface area contributed by atoms with Crippen LogP contribution in [-0.2, 0) is 20.8 Å². The number of aryl methyl sites for hydroxylation is 1. The molecule has 1 aliphatic rings. The van der Waals surface area contributed by atoms with Gasteiger partial charge in [-0.05, 0) is 49.4 Å². The Hall–Kier alpha value is -2.32. The Kier molecular flexibility index (Phi) is 9.13. The molecular weight excluding hydrogens is 467 g/mol. The molecule has 7 nitrogen and oxygen atoms in total. The first-order valence-corrected chi connectivity index (χ1v) is 10.5. The zero-order valence-electron chi connectivity index (χ0n) is 16.5. The van der Waals surface area contributed by atoms with Gasteiger partial charge in [0.05, 0.1) is 26.8 Å². The van der Waals surface area contributed by atoms with Crippen LogP contribution in [0, 0.1) is 0 Å². The highest BCUT2D eigenvalue weighted by atomic mass is 35.5. The van der Waals surface area contributed by atoms with Gasteiger partial charge in [-0.3, -0.25) is 10.1 Å². The fourth-order valence-electron chi connectivity index (χ4n) is 3.16. The number of carboxylic acids is 2. The Morgan fingerprint density at radius 3 is 2.26 bits per heavy atom. The summed E-state index contributed by atoms with van der Waals surface area (Å²) < 4.78 is 0. The Morgan fingerprint density at radius 2 is 1.61 bits per heavy atom. The van der Waals surface area contributed by atoms with Crippen molar-refractivity contribution >= 4 is 58.3 Å². The van der Waals surface area contributed by atoms with E-state index in [9.17, 15) is 4.79 Å². The number of nitrogens with one attached hydrogen (secondary N) is 2. The summed E-state index contributed by atoms with van der Waals surface area (Å²) in [5.41, 5.74) is 3.09. The molecular formula is C21H21Cl3N2O5. The van der Waals surface area contributed by atoms with E-state index in [0.29, 0.717) is 20.8 Å². The smallest absolute Gasteiger partial charge is 0.414 e. The zero-order valence-corrected chi connectivity index (χ0v) is 18.8. The molecule has 2 aromatic carbocycles. The Bertz CT molecular complexity index is 971. The van der Waals surface area contributed by atoms with Crippen molar-refractivity contribution in [3.05, 3.63) is 62.6 Å². The lowest BCUT2D eigenvalue weighted by molar-refractivity contribution is -0.159. The molecule has 0 radical (unpaired) electrons. The fraction of sp³-hybridized carbons (Fsp3) is 0.286. The predicted molar refractivity (Wildman–Crippen MR) is 120 cm³/mol. The first-order chi connectivity index (χ1) is 14.6. The monoisotopic (exact) mass is 486 g/mol. The van der Waals surface area contributed by atoms with Crippen molar-refractivity contribution in [1.82, 2.24) is 5.32 Å². The lowest BCUT2D eigenvalue weighted by Gasteiger charge is -2.29. The van der Waals surface area contributed by atoms with Gasteiger partial charge >= 0.3 is 11.9 Å². The average molecular weight is 488 g/mol. The number of benzene rings is 2. The van der Waals surface area contributed by atoms with E-state index in [0.717, 1.165) is 19.3 Å². The fourth-order valence-corrected chi connectivity index (χ4v) is 3.76. The topological polar surface area (TPSA) is 116 Å². The number of rotatable bonds is 4. The highest BCUT2D eigenvalue weighted by Gasteiger charge is 2.24. The molecule has 0 heterocycles. The van der Waals surface area contributed by atoms with Crippen LogP contribution in [0.4, 0.5) is 5.69 Å². The quantitative estimate of drug-likeness (QED) is 0.364. The lowest BCUT2D eigenvalue weighted by atomic mass is 9.87. The lowest BCUT2D eigenvalue weighted by Crippen LogP contribution is -2.41. The second-order valence-corrected chi connectivity index (χ2v) is 8.10. The first kappa shape index (κ1) is 24.9. The molecule has 0 aromatic heterocycles. The molecule has 0 aliphatic heterocycles. The highest BCUT2D eigenvalue weighted by molar-refractivity contribution is 6.44. The van der Waals surface area contributed by atoms with Crippen LogP contribution in [0.15, 0.2) is 36.4 Å². The van der Waals surface area contributed by atoms with E-state index >= 15 is 0 Å². The molecule has 1 amide bonds. The minimum atomic E-state index is -1.82. The second kappa shape index (κ2) is 11.3. The van der Waals surface area contributed by atoms with E-state index in [4.69, 9.17) is 54.6 Å². The van der Waals surface area contributed by atoms with Gasteiger partial charge in [0, 0.05) is 6.04 Å². The third-order valence-corrected chi connectivity index (χ3v) is 5.70. The summed E-state index contributed by atoms with van der Waals surface area (Å²) in [5, 5.41) is 22.1. The molecule has 3 rings (SSSR count). The largest absolute Gasteiger partial charge is 0.473 e. The van der Waals surface area contributed by atoms with Crippen LogP contribution in [0.25, 0.3) is 0 Å². The number of carbonyl (C=O) groups is 3. The molecule has 0 saturated carbocycles. The number of aliphatic carboxylic acids is 2. The van der Waals surface area contributed by atoms with Crippen molar-refractivity contribution in [2.24, 2.45) is 0 Å². The van der Waals surface area contributed by atoms with E-state index in [1.165, 1.54) is 17.2 Å². The van der Waals surface area contributed by atoms with Crippen LogP contribution >= 0.6 is 34.8 Å². The van der Waals surface area contributed by atoms with Crippen LogP contribution < -0.4 is 10.6 Å². The molecule has 4 N–H and O–H groups in total. The average Bonchev–Trinajstić information content (AvgIpc) is 2.72. The zero-order chi connectivity index (χ0) is 23.1. The minimum Gasteiger partial charge on any atom is -0.473 e. The van der Waals surface area contributed by atoms with Crippen molar-refractivity contribution in [1.29, 1.82) is 0 Å². The third-order valence-electron chi connectivity index (χ3n) is 4.66. The molecule has 2 unspecified atom stereocenters. The molecule has 166 valence electrons. The van der Waals surface area contributed by atoms with Crippen LogP contribution in [0.3, 0.4) is 0 Å². The van der Waals surface area contributed by atoms with Gasteiger partial charge in [0.1, 0.15) is 0 Å². The van der Waals surface area contributed by atoms with E-state index in [-0.39, 0.29) is 18.0 Å². The summed E-state index contributed by atoms with van der Waals surface area (Å²) in [4.78, 5) is 30.7. The normalized spacial score (nSPS) is 15.7. The number of carboxylic acid groups (broad SMARTS) is 2. The number of carbonyl (C=O) groups excluding carboxylic acids is 1. The van der Waals surface area contributed by atoms with Crippen molar-refractivity contribution in [3.63, 3.8) is 0 Å². The second-order valence-electron chi connectivity index (χ2n) is 6.88. The summed E-state index contributed by atoms with van der Waals surface area (Å²) in [6, 6.07) is 11.3. The number of amides is 1. The summed E-state index contributed by atoms with van der Waals surface area (Å²) in [6.07, 6.45) is 3.22. The van der Waals surface area contributed by atoms with E-state index in [1.807, 2.05) is 13.0 Å². The molecule has 0 bridgehead atoms. The Labute approximate surface area is 194 Å². The summed E-state index contributed by atoms with van der Waals surface area (Å²) in [7, 11) is 0. The number of hydrogen-bond acceptors (Lipinski definition) is 4. The summed E-state index contributed by atoms with van der Waals surface area (Å²) >= 11 is 18.1. The number of fused-ring (bicyclic) bond motifs is 1. The maximum absolute atomic E-state index is 12.5. The van der Waals surface area contributed by atoms with Gasteiger partial charge in [-0.15, -0.1) is 0 Å². The van der Waals surface area contributed by atoms with E-state index < -0.39 is 11.9 Å². The van der Waals surface area contributed by atoms with Crippen LogP contribution in [0.2, 0.25) is 15.1 Å². The van der Waals surface area contributed by atoms with Gasteiger partial charge in [-0.25, -0.2) is 9.59 Å². The maximum Gasteiger partial charge on any atom is 0.414 e. The van der Waals surface area contributed by atoms with Crippen molar-refractivity contribution < 1.29 is 24.6 Å². The SMILES string of the molecule is CC(NC1CCCc2ccccc21)C(=O)Nc1cc(Cl)c(Cl)cc1Cl.O=C(O)C(=O)O. The first-order valence-electron chi connectivity index (χ1n) is 9.35. The van der Waals surface area contributed by atoms with Gasteiger partial charge in [0.25, 0.3) is 0 Å². The standard InChI is InChI=1S/C19H19Cl3N2O.C2H2O4/c1-11(19(25)24-18-10-15(21)14(20)9-16(18)22)23-17-8-4-6-12-5-2-3-7-13(12)17;3-1(4)2(5)6/h2-3,5,7,9-11,17,23H,4,6,8H2,1H3,(H,24,25);(H,3,4)(H,5,6). The van der Waals surface area contributed by atoms with Crippen LogP contribution in [-0.4, -0.2) is 34.1 Å². The molecule has 0 fully saturated rings. The summed E-state index contributed by atoms with van der Waals surface area (Å²) in [6.45, 7) is 1.85. The molecule has 1 aliphatic carbocycles. The van der Waals surface area contributed by atoms with Gasteiger partial charge in [-0.2, -0.15) is 0 Å². The molecule has 0 spiro atoms. The molecule has 10 heteroatoms. The van der Waals surface area contributed by atoms with Crippen molar-refractivity contribution in [2.75, 3.05) is 5.32 Å². The molecule has 2 aromatic rings. The van der Waals surface area contributed by atoms with Crippen molar-refractivity contribution in [2.45, 2.75) is 38.3 Å². The van der Waals surface area contributed by atoms with Gasteiger partial charge in [-0.1, -0.05) is 59.1 Å². The molecule has 0 saturated heterocycles. The van der Waals surface area contributed by atoms with Gasteiger partial charge < -0.3 is 15.5 Å². The predicted octanol–water partition coefficient (Wildman–Crippen LogP) is 4.80. The minimum absolute atomic E-state index is 0.164. The molecule has 2 atom stereocenters. The van der Waals surface area contributed by atoms with E-state index in [2.05, 4.69) is 28.8 Å². The van der Waals surface area contributed by atoms with Crippen molar-refractivity contribution in [3.8, 4) is 0 Å². The van der Waals surface area contributed by atoms with Gasteiger partial charge in [0.2, 0.25) is 5.91 Å². The number of hydrogen-bond donors (Lipinski definition) is 4. The summed E-state index contributed by atoms with van der Waals surface area (Å²) in [5.74, 6) is -3.81. The number of anilines is 1. The third kappa shape index (κ3) is 7.11. The maximum atomic E-state index is 12.5. The Morgan fingerprint density at radius 1 is 1.00 bits per heavy atom.